The first kappa shape index (κ1) is 15.7. The highest BCUT2D eigenvalue weighted by atomic mass is 16.4. The molecule has 1 atom stereocenters. The van der Waals surface area contributed by atoms with Gasteiger partial charge in [-0.1, -0.05) is 13.8 Å². The second-order valence-corrected chi connectivity index (χ2v) is 4.27. The number of nitrogens with one attached hydrogen (secondary N) is 2. The summed E-state index contributed by atoms with van der Waals surface area (Å²) in [6, 6.07) is -1.57. The first-order chi connectivity index (χ1) is 7.88. The van der Waals surface area contributed by atoms with Crippen molar-refractivity contribution in [3.05, 3.63) is 0 Å². The summed E-state index contributed by atoms with van der Waals surface area (Å²) in [4.78, 5) is 22.4. The second-order valence-electron chi connectivity index (χ2n) is 4.27. The van der Waals surface area contributed by atoms with Crippen molar-refractivity contribution >= 4 is 12.0 Å². The molecule has 0 saturated carbocycles. The lowest BCUT2D eigenvalue weighted by atomic mass is 9.96. The highest BCUT2D eigenvalue weighted by Gasteiger charge is 2.25. The molecule has 0 spiro atoms. The van der Waals surface area contributed by atoms with Crippen LogP contribution in [0.1, 0.15) is 40.0 Å². The average Bonchev–Trinajstić information content (AvgIpc) is 2.28. The van der Waals surface area contributed by atoms with E-state index in [0.29, 0.717) is 0 Å². The molecule has 0 aliphatic carbocycles. The predicted molar refractivity (Wildman–Crippen MR) is 63.8 cm³/mol. The van der Waals surface area contributed by atoms with Gasteiger partial charge in [-0.3, -0.25) is 0 Å². The average molecular weight is 246 g/mol. The molecular formula is C11H22N2O4. The van der Waals surface area contributed by atoms with Gasteiger partial charge in [-0.2, -0.15) is 0 Å². The van der Waals surface area contributed by atoms with E-state index in [0.717, 1.165) is 12.8 Å². The number of carboxylic acids is 1. The molecule has 0 aromatic heterocycles. The molecule has 0 heterocycles. The van der Waals surface area contributed by atoms with E-state index in [1.807, 2.05) is 20.8 Å². The van der Waals surface area contributed by atoms with Gasteiger partial charge in [0.2, 0.25) is 0 Å². The van der Waals surface area contributed by atoms with Crippen molar-refractivity contribution in [2.45, 2.75) is 51.6 Å². The zero-order chi connectivity index (χ0) is 13.5. The Kier molecular flexibility index (Phi) is 6.57. The van der Waals surface area contributed by atoms with E-state index in [2.05, 4.69) is 10.6 Å². The van der Waals surface area contributed by atoms with E-state index < -0.39 is 18.0 Å². The molecule has 0 unspecified atom stereocenters. The molecule has 2 amide bonds. The van der Waals surface area contributed by atoms with Gasteiger partial charge in [-0.25, -0.2) is 9.59 Å². The zero-order valence-electron chi connectivity index (χ0n) is 10.6. The molecule has 6 heteroatoms. The van der Waals surface area contributed by atoms with Crippen LogP contribution in [0.5, 0.6) is 0 Å². The summed E-state index contributed by atoms with van der Waals surface area (Å²) in [6.45, 7) is 5.52. The highest BCUT2D eigenvalue weighted by molar-refractivity contribution is 5.82. The van der Waals surface area contributed by atoms with Gasteiger partial charge in [0.25, 0.3) is 0 Å². The van der Waals surface area contributed by atoms with Crippen molar-refractivity contribution in [3.63, 3.8) is 0 Å². The van der Waals surface area contributed by atoms with Crippen LogP contribution in [0.3, 0.4) is 0 Å². The van der Waals surface area contributed by atoms with Crippen molar-refractivity contribution in [2.75, 3.05) is 6.61 Å². The third kappa shape index (κ3) is 5.53. The molecule has 0 aliphatic rings. The summed E-state index contributed by atoms with van der Waals surface area (Å²) in [6.07, 6.45) is 1.51. The van der Waals surface area contributed by atoms with E-state index in [1.165, 1.54) is 0 Å². The summed E-state index contributed by atoms with van der Waals surface area (Å²) in [5, 5.41) is 22.6. The molecule has 0 saturated heterocycles. The molecule has 0 radical (unpaired) electrons. The molecule has 0 fully saturated rings. The van der Waals surface area contributed by atoms with Gasteiger partial charge in [-0.15, -0.1) is 0 Å². The van der Waals surface area contributed by atoms with Crippen LogP contribution >= 0.6 is 0 Å². The lowest BCUT2D eigenvalue weighted by Crippen LogP contribution is -2.53. The first-order valence-corrected chi connectivity index (χ1v) is 5.81. The van der Waals surface area contributed by atoms with Crippen LogP contribution in [-0.2, 0) is 4.79 Å². The molecule has 100 valence electrons. The normalized spacial score (nSPS) is 12.9. The lowest BCUT2D eigenvalue weighted by Gasteiger charge is -2.29. The molecule has 0 rings (SSSR count). The maximum absolute atomic E-state index is 11.6. The maximum atomic E-state index is 11.6. The van der Waals surface area contributed by atoms with Crippen molar-refractivity contribution < 1.29 is 19.8 Å². The van der Waals surface area contributed by atoms with Gasteiger partial charge >= 0.3 is 12.0 Å². The molecule has 0 aromatic carbocycles. The van der Waals surface area contributed by atoms with Crippen LogP contribution in [0.2, 0.25) is 0 Å². The summed E-state index contributed by atoms with van der Waals surface area (Å²) in [7, 11) is 0. The Balaban J connectivity index is 4.37. The minimum atomic E-state index is -1.15. The summed E-state index contributed by atoms with van der Waals surface area (Å²) < 4.78 is 0. The van der Waals surface area contributed by atoms with Crippen LogP contribution in [0.4, 0.5) is 4.79 Å². The number of rotatable bonds is 7. The summed E-state index contributed by atoms with van der Waals surface area (Å²) >= 11 is 0. The Morgan fingerprint density at radius 2 is 1.82 bits per heavy atom. The molecule has 0 bridgehead atoms. The van der Waals surface area contributed by atoms with E-state index in [9.17, 15) is 9.59 Å². The van der Waals surface area contributed by atoms with Crippen LogP contribution in [0.15, 0.2) is 0 Å². The number of hydrogen-bond donors (Lipinski definition) is 4. The van der Waals surface area contributed by atoms with E-state index in [-0.39, 0.29) is 18.6 Å². The van der Waals surface area contributed by atoms with Gasteiger partial charge in [0.1, 0.15) is 6.04 Å². The molecular weight excluding hydrogens is 224 g/mol. The third-order valence-electron chi connectivity index (χ3n) is 3.00. The number of carbonyl (C=O) groups excluding carboxylic acids is 1. The zero-order valence-corrected chi connectivity index (χ0v) is 10.6. The molecule has 0 aromatic rings. The van der Waals surface area contributed by atoms with E-state index >= 15 is 0 Å². The second kappa shape index (κ2) is 7.11. The number of carbonyl (C=O) groups is 2. The SMILES string of the molecule is CCC(C)(CC)NC(=O)N[C@H](CCO)C(=O)O. The fourth-order valence-electron chi connectivity index (χ4n) is 1.28. The third-order valence-corrected chi connectivity index (χ3v) is 3.00. The van der Waals surface area contributed by atoms with Crippen LogP contribution in [-0.4, -0.2) is 40.4 Å². The summed E-state index contributed by atoms with van der Waals surface area (Å²) in [5.74, 6) is -1.15. The number of urea groups is 1. The Labute approximate surface area is 101 Å². The standard InChI is InChI=1S/C11H22N2O4/c1-4-11(3,5-2)13-10(17)12-8(6-7-14)9(15)16/h8,14H,4-7H2,1-3H3,(H,15,16)(H2,12,13,17)/t8-/m1/s1. The smallest absolute Gasteiger partial charge is 0.326 e. The fraction of sp³-hybridized carbons (Fsp3) is 0.818. The Bertz CT molecular complexity index is 264. The van der Waals surface area contributed by atoms with E-state index in [4.69, 9.17) is 10.2 Å². The molecule has 4 N–H and O–H groups in total. The van der Waals surface area contributed by atoms with Gasteiger partial charge in [0.15, 0.2) is 0 Å². The van der Waals surface area contributed by atoms with Gasteiger partial charge in [0.05, 0.1) is 0 Å². The minimum absolute atomic E-state index is 0.00226. The highest BCUT2D eigenvalue weighted by Crippen LogP contribution is 2.13. The van der Waals surface area contributed by atoms with E-state index in [1.54, 1.807) is 0 Å². The molecule has 17 heavy (non-hydrogen) atoms. The van der Waals surface area contributed by atoms with Crippen LogP contribution in [0.25, 0.3) is 0 Å². The number of aliphatic carboxylic acids is 1. The minimum Gasteiger partial charge on any atom is -0.480 e. The predicted octanol–water partition coefficient (Wildman–Crippen LogP) is 0.700. The fourth-order valence-corrected chi connectivity index (χ4v) is 1.28. The molecule has 6 nitrogen and oxygen atoms in total. The number of hydrogen-bond acceptors (Lipinski definition) is 3. The van der Waals surface area contributed by atoms with Gasteiger partial charge in [-0.05, 0) is 19.8 Å². The van der Waals surface area contributed by atoms with Gasteiger partial charge in [0, 0.05) is 18.6 Å². The number of aliphatic hydroxyl groups excluding tert-OH is 1. The summed E-state index contributed by atoms with van der Waals surface area (Å²) in [5.41, 5.74) is -0.341. The maximum Gasteiger partial charge on any atom is 0.326 e. The van der Waals surface area contributed by atoms with Crippen LogP contribution in [0, 0.1) is 0 Å². The van der Waals surface area contributed by atoms with Crippen molar-refractivity contribution in [2.24, 2.45) is 0 Å². The number of carboxylic acid groups (broad SMARTS) is 1. The quantitative estimate of drug-likeness (QED) is 0.531. The van der Waals surface area contributed by atoms with Gasteiger partial charge < -0.3 is 20.8 Å². The molecule has 0 aliphatic heterocycles. The number of aliphatic hydroxyl groups is 1. The number of amides is 2. The Hall–Kier alpha value is -1.30. The van der Waals surface area contributed by atoms with Crippen LogP contribution < -0.4 is 10.6 Å². The first-order valence-electron chi connectivity index (χ1n) is 5.81. The topological polar surface area (TPSA) is 98.7 Å². The Morgan fingerprint density at radius 1 is 1.29 bits per heavy atom. The van der Waals surface area contributed by atoms with Crippen molar-refractivity contribution in [1.29, 1.82) is 0 Å². The largest absolute Gasteiger partial charge is 0.480 e. The monoisotopic (exact) mass is 246 g/mol. The Morgan fingerprint density at radius 3 is 2.18 bits per heavy atom. The lowest BCUT2D eigenvalue weighted by molar-refractivity contribution is -0.139. The van der Waals surface area contributed by atoms with Crippen molar-refractivity contribution in [1.82, 2.24) is 10.6 Å². The van der Waals surface area contributed by atoms with Crippen molar-refractivity contribution in [3.8, 4) is 0 Å².